The van der Waals surface area contributed by atoms with E-state index in [0.29, 0.717) is 0 Å². The maximum absolute atomic E-state index is 13.9. The van der Waals surface area contributed by atoms with Crippen molar-refractivity contribution in [2.75, 3.05) is 32.6 Å². The van der Waals surface area contributed by atoms with Gasteiger partial charge in [0.15, 0.2) is 0 Å². The first-order valence-electron chi connectivity index (χ1n) is 5.98. The summed E-state index contributed by atoms with van der Waals surface area (Å²) in [5.41, 5.74) is -1.58. The van der Waals surface area contributed by atoms with Gasteiger partial charge in [0.05, 0.1) is 17.7 Å². The average Bonchev–Trinajstić information content (AvgIpc) is 2.28. The fourth-order valence-corrected chi connectivity index (χ4v) is 3.89. The Kier molecular flexibility index (Phi) is 4.93. The molecule has 0 radical (unpaired) electrons. The van der Waals surface area contributed by atoms with E-state index in [1.165, 1.54) is 7.05 Å². The summed E-state index contributed by atoms with van der Waals surface area (Å²) in [5.74, 6) is -1.49. The van der Waals surface area contributed by atoms with Crippen molar-refractivity contribution in [2.24, 2.45) is 5.41 Å². The van der Waals surface area contributed by atoms with Crippen molar-refractivity contribution in [3.8, 4) is 12.3 Å². The highest BCUT2D eigenvalue weighted by atomic mass is 32.2. The Morgan fingerprint density at radius 1 is 1.42 bits per heavy atom. The van der Waals surface area contributed by atoms with Crippen LogP contribution in [0.15, 0.2) is 0 Å². The summed E-state index contributed by atoms with van der Waals surface area (Å²) in [5, 5.41) is 0. The first-order chi connectivity index (χ1) is 8.65. The quantitative estimate of drug-likeness (QED) is 0.719. The molecule has 0 saturated carbocycles. The Balaban J connectivity index is 3.00. The summed E-state index contributed by atoms with van der Waals surface area (Å²) in [6, 6.07) is 0. The molecule has 0 N–H and O–H groups in total. The third kappa shape index (κ3) is 3.65. The standard InChI is InChI=1S/C12H19F2NO3S/c1-4-7-15(3)19(16,17)10-12(11(2,13)14)5-8-18-9-6-12/h1H,5-10H2,2-3H3. The van der Waals surface area contributed by atoms with Crippen LogP contribution in [0.1, 0.15) is 19.8 Å². The first kappa shape index (κ1) is 16.3. The van der Waals surface area contributed by atoms with E-state index in [9.17, 15) is 17.2 Å². The lowest BCUT2D eigenvalue weighted by Crippen LogP contribution is -2.50. The highest BCUT2D eigenvalue weighted by molar-refractivity contribution is 7.89. The minimum Gasteiger partial charge on any atom is -0.381 e. The highest BCUT2D eigenvalue weighted by Gasteiger charge is 2.53. The Labute approximate surface area is 113 Å². The molecule has 0 unspecified atom stereocenters. The van der Waals surface area contributed by atoms with Crippen molar-refractivity contribution in [1.29, 1.82) is 0 Å². The molecular weight excluding hydrogens is 276 g/mol. The van der Waals surface area contributed by atoms with Crippen LogP contribution in [0.3, 0.4) is 0 Å². The molecule has 4 nitrogen and oxygen atoms in total. The molecule has 110 valence electrons. The number of hydrogen-bond acceptors (Lipinski definition) is 3. The monoisotopic (exact) mass is 295 g/mol. The number of ether oxygens (including phenoxy) is 1. The van der Waals surface area contributed by atoms with Gasteiger partial charge < -0.3 is 4.74 Å². The van der Waals surface area contributed by atoms with Crippen LogP contribution < -0.4 is 0 Å². The molecule has 0 aromatic rings. The van der Waals surface area contributed by atoms with Gasteiger partial charge in [0.2, 0.25) is 10.0 Å². The van der Waals surface area contributed by atoms with Gasteiger partial charge >= 0.3 is 0 Å². The van der Waals surface area contributed by atoms with E-state index < -0.39 is 27.1 Å². The van der Waals surface area contributed by atoms with Gasteiger partial charge in [-0.3, -0.25) is 0 Å². The van der Waals surface area contributed by atoms with Crippen molar-refractivity contribution in [2.45, 2.75) is 25.7 Å². The van der Waals surface area contributed by atoms with Gasteiger partial charge in [0.25, 0.3) is 5.92 Å². The van der Waals surface area contributed by atoms with E-state index in [-0.39, 0.29) is 32.6 Å². The molecule has 0 atom stereocenters. The lowest BCUT2D eigenvalue weighted by atomic mass is 9.77. The second-order valence-corrected chi connectivity index (χ2v) is 7.07. The SMILES string of the molecule is C#CCN(C)S(=O)(=O)CC1(C(C)(F)F)CCOCC1. The van der Waals surface area contributed by atoms with E-state index in [1.54, 1.807) is 0 Å². The average molecular weight is 295 g/mol. The summed E-state index contributed by atoms with van der Waals surface area (Å²) in [6.45, 7) is 0.953. The summed E-state index contributed by atoms with van der Waals surface area (Å²) in [6.07, 6.45) is 5.11. The van der Waals surface area contributed by atoms with E-state index >= 15 is 0 Å². The number of terminal acetylenes is 1. The second-order valence-electron chi connectivity index (χ2n) is 5.00. The molecule has 1 saturated heterocycles. The van der Waals surface area contributed by atoms with Gasteiger partial charge in [-0.15, -0.1) is 6.42 Å². The van der Waals surface area contributed by atoms with Crippen LogP contribution in [0, 0.1) is 17.8 Å². The molecular formula is C12H19F2NO3S. The zero-order chi connectivity index (χ0) is 14.7. The Morgan fingerprint density at radius 3 is 2.37 bits per heavy atom. The zero-order valence-electron chi connectivity index (χ0n) is 11.2. The van der Waals surface area contributed by atoms with E-state index in [4.69, 9.17) is 11.2 Å². The van der Waals surface area contributed by atoms with Crippen molar-refractivity contribution in [3.63, 3.8) is 0 Å². The van der Waals surface area contributed by atoms with Crippen molar-refractivity contribution in [1.82, 2.24) is 4.31 Å². The molecule has 0 aromatic heterocycles. The van der Waals surface area contributed by atoms with Crippen LogP contribution in [0.2, 0.25) is 0 Å². The number of hydrogen-bond donors (Lipinski definition) is 0. The van der Waals surface area contributed by atoms with E-state index in [1.807, 2.05) is 0 Å². The molecule has 0 aliphatic carbocycles. The Morgan fingerprint density at radius 2 is 1.95 bits per heavy atom. The number of halogens is 2. The first-order valence-corrected chi connectivity index (χ1v) is 7.59. The molecule has 1 aliphatic heterocycles. The van der Waals surface area contributed by atoms with Crippen LogP contribution >= 0.6 is 0 Å². The van der Waals surface area contributed by atoms with Crippen molar-refractivity contribution in [3.05, 3.63) is 0 Å². The Hall–Kier alpha value is -0.710. The van der Waals surface area contributed by atoms with Gasteiger partial charge in [0, 0.05) is 20.3 Å². The largest absolute Gasteiger partial charge is 0.381 e. The summed E-state index contributed by atoms with van der Waals surface area (Å²) >= 11 is 0. The number of alkyl halides is 2. The number of rotatable bonds is 5. The topological polar surface area (TPSA) is 46.6 Å². The molecule has 1 fully saturated rings. The summed E-state index contributed by atoms with van der Waals surface area (Å²) in [4.78, 5) is 0. The fraction of sp³-hybridized carbons (Fsp3) is 0.833. The fourth-order valence-electron chi connectivity index (χ4n) is 2.16. The minimum atomic E-state index is -3.81. The lowest BCUT2D eigenvalue weighted by Gasteiger charge is -2.41. The minimum absolute atomic E-state index is 0.0274. The normalized spacial score (nSPS) is 20.2. The number of nitrogens with zero attached hydrogens (tertiary/aromatic N) is 1. The van der Waals surface area contributed by atoms with Gasteiger partial charge in [-0.2, -0.15) is 4.31 Å². The van der Waals surface area contributed by atoms with Crippen LogP contribution in [0.4, 0.5) is 8.78 Å². The van der Waals surface area contributed by atoms with Gasteiger partial charge in [-0.25, -0.2) is 17.2 Å². The zero-order valence-corrected chi connectivity index (χ0v) is 12.0. The van der Waals surface area contributed by atoms with Crippen LogP contribution in [0.25, 0.3) is 0 Å². The molecule has 0 spiro atoms. The van der Waals surface area contributed by atoms with E-state index in [0.717, 1.165) is 11.2 Å². The van der Waals surface area contributed by atoms with Crippen LogP contribution in [-0.4, -0.2) is 51.2 Å². The molecule has 1 aliphatic rings. The van der Waals surface area contributed by atoms with Crippen LogP contribution in [0.5, 0.6) is 0 Å². The Bertz CT molecular complexity index is 445. The van der Waals surface area contributed by atoms with Crippen molar-refractivity contribution >= 4 is 10.0 Å². The lowest BCUT2D eigenvalue weighted by molar-refractivity contribution is -0.139. The molecule has 0 aromatic carbocycles. The van der Waals surface area contributed by atoms with E-state index in [2.05, 4.69) is 5.92 Å². The van der Waals surface area contributed by atoms with Gasteiger partial charge in [-0.1, -0.05) is 5.92 Å². The number of sulfonamides is 1. The maximum Gasteiger partial charge on any atom is 0.252 e. The molecule has 1 rings (SSSR count). The van der Waals surface area contributed by atoms with Gasteiger partial charge in [-0.05, 0) is 19.8 Å². The molecule has 0 bridgehead atoms. The predicted octanol–water partition coefficient (Wildman–Crippen LogP) is 1.33. The summed E-state index contributed by atoms with van der Waals surface area (Å²) < 4.78 is 57.9. The third-order valence-electron chi connectivity index (χ3n) is 3.63. The smallest absolute Gasteiger partial charge is 0.252 e. The predicted molar refractivity (Wildman–Crippen MR) is 68.4 cm³/mol. The maximum atomic E-state index is 13.9. The second kappa shape index (κ2) is 5.73. The third-order valence-corrected chi connectivity index (χ3v) is 5.62. The van der Waals surface area contributed by atoms with Gasteiger partial charge in [0.1, 0.15) is 0 Å². The summed E-state index contributed by atoms with van der Waals surface area (Å²) in [7, 11) is -2.51. The molecule has 0 amide bonds. The molecule has 1 heterocycles. The van der Waals surface area contributed by atoms with Crippen LogP contribution in [-0.2, 0) is 14.8 Å². The van der Waals surface area contributed by atoms with Crippen molar-refractivity contribution < 1.29 is 21.9 Å². The molecule has 7 heteroatoms. The highest BCUT2D eigenvalue weighted by Crippen LogP contribution is 2.45. The molecule has 19 heavy (non-hydrogen) atoms.